The number of H-pyrrole nitrogens is 1. The van der Waals surface area contributed by atoms with Gasteiger partial charge >= 0.3 is 11.8 Å². The summed E-state index contributed by atoms with van der Waals surface area (Å²) in [5.41, 5.74) is 2.24. The third kappa shape index (κ3) is 5.46. The number of amides is 1. The van der Waals surface area contributed by atoms with Gasteiger partial charge in [-0.2, -0.15) is 5.10 Å². The van der Waals surface area contributed by atoms with Crippen molar-refractivity contribution in [3.63, 3.8) is 0 Å². The summed E-state index contributed by atoms with van der Waals surface area (Å²) in [7, 11) is 4.00. The van der Waals surface area contributed by atoms with E-state index in [1.54, 1.807) is 40.1 Å². The van der Waals surface area contributed by atoms with Crippen LogP contribution in [0.2, 0.25) is 0 Å². The molecule has 42 heavy (non-hydrogen) atoms. The van der Waals surface area contributed by atoms with Crippen molar-refractivity contribution in [2.75, 3.05) is 25.5 Å². The second-order valence-electron chi connectivity index (χ2n) is 12.8. The second kappa shape index (κ2) is 11.2. The van der Waals surface area contributed by atoms with Gasteiger partial charge in [-0.05, 0) is 84.7 Å². The standard InChI is InChI=1S/C31H44FN7O3/c1-18-15-21(16-19(2)27(18)32)39-28(26-20(3)37(14-13-23(26)35-39)30(41)42-31(4,5)6)38-17-25(34-29(38)40)36(8)24-12-10-9-11-22(24)33-7/h15-17,20,22,24,33H,9-14H2,1-8H3,(H,34,40)/t20-,22-,24-/m0/s1. The molecule has 10 nitrogen and oxygen atoms in total. The van der Waals surface area contributed by atoms with E-state index in [4.69, 9.17) is 9.84 Å². The van der Waals surface area contributed by atoms with E-state index in [1.165, 1.54) is 6.42 Å². The molecule has 0 saturated heterocycles. The average Bonchev–Trinajstić information content (AvgIpc) is 3.51. The third-order valence-electron chi connectivity index (χ3n) is 8.65. The van der Waals surface area contributed by atoms with E-state index >= 15 is 0 Å². The number of imidazole rings is 1. The quantitative estimate of drug-likeness (QED) is 0.443. The molecular weight excluding hydrogens is 537 g/mol. The van der Waals surface area contributed by atoms with Crippen molar-refractivity contribution in [1.82, 2.24) is 29.5 Å². The number of aryl methyl sites for hydroxylation is 2. The SMILES string of the molecule is CN[C@H]1CCCC[C@@H]1N(C)c1cn(-c2c3c(nn2-c2cc(C)c(F)c(C)c2)CCN(C(=O)OC(C)(C)C)[C@H]3C)c(=O)[nH]1. The highest BCUT2D eigenvalue weighted by Gasteiger charge is 2.37. The number of rotatable bonds is 5. The van der Waals surface area contributed by atoms with E-state index in [0.717, 1.165) is 30.5 Å². The van der Waals surface area contributed by atoms with Gasteiger partial charge in [0.05, 0.1) is 23.6 Å². The smallest absolute Gasteiger partial charge is 0.410 e. The Morgan fingerprint density at radius 3 is 2.50 bits per heavy atom. The number of hydrogen-bond donors (Lipinski definition) is 2. The van der Waals surface area contributed by atoms with Gasteiger partial charge < -0.3 is 19.9 Å². The fraction of sp³-hybridized carbons (Fsp3) is 0.581. The van der Waals surface area contributed by atoms with Crippen LogP contribution in [0.1, 0.15) is 81.8 Å². The zero-order valence-electron chi connectivity index (χ0n) is 26.0. The fourth-order valence-corrected chi connectivity index (χ4v) is 6.49. The highest BCUT2D eigenvalue weighted by atomic mass is 19.1. The number of halogens is 1. The molecule has 0 spiro atoms. The Hall–Kier alpha value is -3.60. The average molecular weight is 582 g/mol. The number of carbonyl (C=O) groups is 1. The molecule has 2 aliphatic rings. The number of nitrogens with zero attached hydrogens (tertiary/aromatic N) is 5. The first-order valence-electron chi connectivity index (χ1n) is 14.9. The Balaban J connectivity index is 1.65. The first-order valence-corrected chi connectivity index (χ1v) is 14.9. The first kappa shape index (κ1) is 29.9. The van der Waals surface area contributed by atoms with Gasteiger partial charge in [-0.3, -0.25) is 4.98 Å². The summed E-state index contributed by atoms with van der Waals surface area (Å²) in [6.07, 6.45) is 6.33. The second-order valence-corrected chi connectivity index (χ2v) is 12.8. The normalized spacial score (nSPS) is 20.9. The van der Waals surface area contributed by atoms with Crippen molar-refractivity contribution < 1.29 is 13.9 Å². The van der Waals surface area contributed by atoms with Crippen molar-refractivity contribution in [2.24, 2.45) is 0 Å². The number of aromatic amines is 1. The molecule has 2 N–H and O–H groups in total. The lowest BCUT2D eigenvalue weighted by molar-refractivity contribution is 0.0159. The van der Waals surface area contributed by atoms with Gasteiger partial charge in [0.1, 0.15) is 23.1 Å². The van der Waals surface area contributed by atoms with Gasteiger partial charge in [-0.25, -0.2) is 23.2 Å². The molecule has 0 unspecified atom stereocenters. The molecular formula is C31H44FN7O3. The molecule has 0 radical (unpaired) electrons. The molecule has 1 amide bonds. The Morgan fingerprint density at radius 1 is 1.19 bits per heavy atom. The van der Waals surface area contributed by atoms with Crippen LogP contribution in [-0.2, 0) is 11.2 Å². The van der Waals surface area contributed by atoms with Crippen molar-refractivity contribution >= 4 is 11.9 Å². The van der Waals surface area contributed by atoms with E-state index in [9.17, 15) is 14.0 Å². The Morgan fingerprint density at radius 2 is 1.86 bits per heavy atom. The molecule has 228 valence electrons. The third-order valence-corrected chi connectivity index (χ3v) is 8.65. The molecule has 2 aromatic heterocycles. The van der Waals surface area contributed by atoms with Crippen molar-refractivity contribution in [2.45, 2.75) is 97.4 Å². The molecule has 1 aliphatic heterocycles. The number of carbonyl (C=O) groups excluding carboxylic acids is 1. The zero-order chi connectivity index (χ0) is 30.5. The number of likely N-dealkylation sites (N-methyl/N-ethyl adjacent to an activating group) is 2. The number of ether oxygens (including phenoxy) is 1. The Kier molecular flexibility index (Phi) is 8.00. The van der Waals surface area contributed by atoms with Gasteiger partial charge in [0.25, 0.3) is 0 Å². The molecule has 0 bridgehead atoms. The minimum Gasteiger partial charge on any atom is -0.444 e. The van der Waals surface area contributed by atoms with Crippen LogP contribution in [0.15, 0.2) is 23.1 Å². The number of hydrogen-bond acceptors (Lipinski definition) is 6. The summed E-state index contributed by atoms with van der Waals surface area (Å²) in [4.78, 5) is 33.8. The molecule has 3 heterocycles. The molecule has 1 aliphatic carbocycles. The van der Waals surface area contributed by atoms with Crippen LogP contribution in [0, 0.1) is 19.7 Å². The van der Waals surface area contributed by atoms with Gasteiger partial charge in [0.15, 0.2) is 0 Å². The van der Waals surface area contributed by atoms with Crippen LogP contribution < -0.4 is 15.9 Å². The van der Waals surface area contributed by atoms with Gasteiger partial charge in [0, 0.05) is 37.7 Å². The topological polar surface area (TPSA) is 100 Å². The number of anilines is 1. The molecule has 1 saturated carbocycles. The summed E-state index contributed by atoms with van der Waals surface area (Å²) < 4.78 is 23.7. The van der Waals surface area contributed by atoms with Crippen molar-refractivity contribution in [1.29, 1.82) is 0 Å². The summed E-state index contributed by atoms with van der Waals surface area (Å²) in [6.45, 7) is 11.3. The fourth-order valence-electron chi connectivity index (χ4n) is 6.49. The number of nitrogens with one attached hydrogen (secondary N) is 2. The summed E-state index contributed by atoms with van der Waals surface area (Å²) in [5.74, 6) is 0.967. The van der Waals surface area contributed by atoms with Gasteiger partial charge in [-0.1, -0.05) is 12.8 Å². The monoisotopic (exact) mass is 581 g/mol. The minimum atomic E-state index is -0.644. The summed E-state index contributed by atoms with van der Waals surface area (Å²) >= 11 is 0. The van der Waals surface area contributed by atoms with Gasteiger partial charge in [-0.15, -0.1) is 0 Å². The predicted molar refractivity (Wildman–Crippen MR) is 162 cm³/mol. The first-order chi connectivity index (χ1) is 19.8. The van der Waals surface area contributed by atoms with Crippen LogP contribution in [0.3, 0.4) is 0 Å². The largest absolute Gasteiger partial charge is 0.444 e. The lowest BCUT2D eigenvalue weighted by atomic mass is 9.89. The van der Waals surface area contributed by atoms with E-state index in [2.05, 4.69) is 15.2 Å². The molecule has 3 aromatic rings. The number of aromatic nitrogens is 4. The van der Waals surface area contributed by atoms with Gasteiger partial charge in [0.2, 0.25) is 0 Å². The molecule has 1 fully saturated rings. The Bertz CT molecular complexity index is 1510. The van der Waals surface area contributed by atoms with E-state index < -0.39 is 17.7 Å². The molecule has 11 heteroatoms. The number of fused-ring (bicyclic) bond motifs is 1. The van der Waals surface area contributed by atoms with Crippen LogP contribution in [0.25, 0.3) is 11.5 Å². The molecule has 3 atom stereocenters. The minimum absolute atomic E-state index is 0.234. The van der Waals surface area contributed by atoms with Crippen LogP contribution in [0.5, 0.6) is 0 Å². The predicted octanol–water partition coefficient (Wildman–Crippen LogP) is 4.93. The van der Waals surface area contributed by atoms with E-state index in [1.807, 2.05) is 48.0 Å². The van der Waals surface area contributed by atoms with E-state index in [-0.39, 0.29) is 17.5 Å². The Labute approximate surface area is 246 Å². The maximum Gasteiger partial charge on any atom is 0.410 e. The molecule has 1 aromatic carbocycles. The number of benzene rings is 1. The lowest BCUT2D eigenvalue weighted by Crippen LogP contribution is -2.49. The highest BCUT2D eigenvalue weighted by molar-refractivity contribution is 5.70. The van der Waals surface area contributed by atoms with Crippen molar-refractivity contribution in [3.05, 3.63) is 57.0 Å². The van der Waals surface area contributed by atoms with Crippen LogP contribution >= 0.6 is 0 Å². The lowest BCUT2D eigenvalue weighted by Gasteiger charge is -2.38. The van der Waals surface area contributed by atoms with Crippen LogP contribution in [0.4, 0.5) is 15.0 Å². The summed E-state index contributed by atoms with van der Waals surface area (Å²) in [5, 5.41) is 8.40. The zero-order valence-corrected chi connectivity index (χ0v) is 26.0. The van der Waals surface area contributed by atoms with Crippen LogP contribution in [-0.4, -0.2) is 68.6 Å². The summed E-state index contributed by atoms with van der Waals surface area (Å²) in [6, 6.07) is 3.62. The highest BCUT2D eigenvalue weighted by Crippen LogP contribution is 2.37. The van der Waals surface area contributed by atoms with Crippen molar-refractivity contribution in [3.8, 4) is 11.5 Å². The molecule has 5 rings (SSSR count). The maximum absolute atomic E-state index is 14.6. The van der Waals surface area contributed by atoms with E-state index in [0.29, 0.717) is 47.5 Å². The maximum atomic E-state index is 14.6.